The first kappa shape index (κ1) is 20.3. The van der Waals surface area contributed by atoms with Crippen molar-refractivity contribution < 1.29 is 13.2 Å². The summed E-state index contributed by atoms with van der Waals surface area (Å²) in [6.07, 6.45) is -1.54. The third kappa shape index (κ3) is 4.18. The molecule has 0 radical (unpaired) electrons. The van der Waals surface area contributed by atoms with Gasteiger partial charge in [0.05, 0.1) is 21.7 Å². The van der Waals surface area contributed by atoms with Crippen LogP contribution in [0.25, 0.3) is 0 Å². The molecule has 7 heteroatoms. The lowest BCUT2D eigenvalue weighted by molar-refractivity contribution is -0.138. The third-order valence-electron chi connectivity index (χ3n) is 5.31. The van der Waals surface area contributed by atoms with Crippen LogP contribution < -0.4 is 0 Å². The van der Waals surface area contributed by atoms with Gasteiger partial charge in [-0.05, 0) is 47.9 Å². The van der Waals surface area contributed by atoms with Crippen molar-refractivity contribution in [1.82, 2.24) is 9.47 Å². The fraction of sp³-hybridized carbons (Fsp3) is 0.273. The molecule has 2 heterocycles. The molecule has 1 aliphatic heterocycles. The maximum absolute atomic E-state index is 13.5. The van der Waals surface area contributed by atoms with Gasteiger partial charge in [0.1, 0.15) is 0 Å². The van der Waals surface area contributed by atoms with Gasteiger partial charge in [0.25, 0.3) is 0 Å². The van der Waals surface area contributed by atoms with E-state index in [1.807, 2.05) is 24.4 Å². The van der Waals surface area contributed by atoms with Crippen molar-refractivity contribution in [3.63, 3.8) is 0 Å². The van der Waals surface area contributed by atoms with E-state index in [2.05, 4.69) is 9.47 Å². The summed E-state index contributed by atoms with van der Waals surface area (Å²) in [6, 6.07) is 15.0. The van der Waals surface area contributed by atoms with Gasteiger partial charge in [-0.2, -0.15) is 13.2 Å². The number of fused-ring (bicyclic) bond motifs is 1. The lowest BCUT2D eigenvalue weighted by atomic mass is 9.99. The maximum atomic E-state index is 13.5. The zero-order chi connectivity index (χ0) is 20.6. The van der Waals surface area contributed by atoms with Crippen LogP contribution in [-0.2, 0) is 19.3 Å². The molecule has 2 nitrogen and oxygen atoms in total. The van der Waals surface area contributed by atoms with E-state index in [1.54, 1.807) is 24.3 Å². The van der Waals surface area contributed by atoms with Crippen LogP contribution >= 0.6 is 23.2 Å². The van der Waals surface area contributed by atoms with E-state index in [9.17, 15) is 13.2 Å². The van der Waals surface area contributed by atoms with Gasteiger partial charge in [-0.1, -0.05) is 47.5 Å². The molecule has 1 aromatic heterocycles. The normalized spacial score (nSPS) is 17.8. The maximum Gasteiger partial charge on any atom is 0.416 e. The fourth-order valence-electron chi connectivity index (χ4n) is 4.03. The second-order valence-electron chi connectivity index (χ2n) is 7.18. The third-order valence-corrected chi connectivity index (χ3v) is 6.05. The van der Waals surface area contributed by atoms with Crippen LogP contribution in [0.3, 0.4) is 0 Å². The first-order valence-corrected chi connectivity index (χ1v) is 10.1. The molecular formula is C22H19Cl2F3N2. The van der Waals surface area contributed by atoms with Gasteiger partial charge >= 0.3 is 6.18 Å². The van der Waals surface area contributed by atoms with Crippen molar-refractivity contribution in [2.24, 2.45) is 0 Å². The van der Waals surface area contributed by atoms with Crippen LogP contribution in [0.15, 0.2) is 60.8 Å². The Morgan fingerprint density at radius 3 is 2.48 bits per heavy atom. The molecule has 0 aliphatic carbocycles. The number of benzene rings is 2. The van der Waals surface area contributed by atoms with Crippen LogP contribution in [0, 0.1) is 0 Å². The highest BCUT2D eigenvalue weighted by Gasteiger charge is 2.35. The Morgan fingerprint density at radius 2 is 1.72 bits per heavy atom. The monoisotopic (exact) mass is 438 g/mol. The Labute approximate surface area is 177 Å². The number of aryl methyl sites for hydroxylation is 1. The fourth-order valence-corrected chi connectivity index (χ4v) is 4.33. The molecule has 152 valence electrons. The molecule has 0 saturated carbocycles. The van der Waals surface area contributed by atoms with Gasteiger partial charge in [-0.25, -0.2) is 0 Å². The Hall–Kier alpha value is -1.95. The summed E-state index contributed by atoms with van der Waals surface area (Å²) in [5.74, 6) is 0. The Bertz CT molecular complexity index is 1010. The van der Waals surface area contributed by atoms with E-state index in [0.717, 1.165) is 30.3 Å². The first-order valence-electron chi connectivity index (χ1n) is 9.34. The van der Waals surface area contributed by atoms with E-state index >= 15 is 0 Å². The van der Waals surface area contributed by atoms with Gasteiger partial charge in [-0.15, -0.1) is 0 Å². The topological polar surface area (TPSA) is 8.17 Å². The van der Waals surface area contributed by atoms with Crippen molar-refractivity contribution in [3.05, 3.63) is 93.2 Å². The summed E-state index contributed by atoms with van der Waals surface area (Å²) in [5, 5.41) is 0.885. The van der Waals surface area contributed by atoms with Crippen LogP contribution in [0.2, 0.25) is 10.0 Å². The van der Waals surface area contributed by atoms with E-state index in [0.29, 0.717) is 16.6 Å². The summed E-state index contributed by atoms with van der Waals surface area (Å²) in [5.41, 5.74) is 1.62. The minimum absolute atomic E-state index is 0.186. The van der Waals surface area contributed by atoms with Gasteiger partial charge in [0.15, 0.2) is 0 Å². The molecule has 0 fully saturated rings. The van der Waals surface area contributed by atoms with Crippen LogP contribution in [0.1, 0.15) is 34.8 Å². The van der Waals surface area contributed by atoms with Crippen molar-refractivity contribution in [2.75, 3.05) is 6.54 Å². The summed E-state index contributed by atoms with van der Waals surface area (Å²) in [4.78, 5) is 2.09. The zero-order valence-electron chi connectivity index (χ0n) is 15.5. The van der Waals surface area contributed by atoms with E-state index in [4.69, 9.17) is 23.2 Å². The van der Waals surface area contributed by atoms with Crippen LogP contribution in [0.4, 0.5) is 13.2 Å². The van der Waals surface area contributed by atoms with Crippen molar-refractivity contribution in [3.8, 4) is 0 Å². The number of hydrogen-bond donors (Lipinski definition) is 0. The second-order valence-corrected chi connectivity index (χ2v) is 8.00. The standard InChI is InChI=1S/C22H19Cl2F3N2/c23-18-9-8-15(13-19(18)24)21-20-7-3-10-28(20)11-4-12-29(21)14-16-5-1-2-6-17(16)22(25,26)27/h1-3,5-10,13,21H,4,11-12,14H2/t21-/m1/s1. The number of aromatic nitrogens is 1. The molecule has 0 amide bonds. The average molecular weight is 439 g/mol. The largest absolute Gasteiger partial charge is 0.416 e. The Kier molecular flexibility index (Phi) is 5.65. The molecule has 2 aromatic carbocycles. The number of alkyl halides is 3. The predicted octanol–water partition coefficient (Wildman–Crippen LogP) is 6.81. The summed E-state index contributed by atoms with van der Waals surface area (Å²) in [7, 11) is 0. The van der Waals surface area contributed by atoms with Gasteiger partial charge in [0, 0.05) is 31.5 Å². The lowest BCUT2D eigenvalue weighted by Gasteiger charge is -2.31. The predicted molar refractivity (Wildman–Crippen MR) is 109 cm³/mol. The quantitative estimate of drug-likeness (QED) is 0.435. The molecular weight excluding hydrogens is 420 g/mol. The smallest absolute Gasteiger partial charge is 0.350 e. The first-order chi connectivity index (χ1) is 13.8. The SMILES string of the molecule is FC(F)(F)c1ccccc1CN1CCCn2cccc2[C@H]1c1ccc(Cl)c(Cl)c1. The summed E-state index contributed by atoms with van der Waals surface area (Å²) in [6.45, 7) is 1.67. The molecule has 4 rings (SSSR count). The zero-order valence-corrected chi connectivity index (χ0v) is 17.0. The molecule has 0 saturated heterocycles. The second kappa shape index (κ2) is 8.05. The average Bonchev–Trinajstić information content (AvgIpc) is 3.05. The van der Waals surface area contributed by atoms with E-state index in [1.165, 1.54) is 6.07 Å². The van der Waals surface area contributed by atoms with Crippen LogP contribution in [-0.4, -0.2) is 16.0 Å². The molecule has 0 unspecified atom stereocenters. The number of halogens is 5. The highest BCUT2D eigenvalue weighted by atomic mass is 35.5. The minimum Gasteiger partial charge on any atom is -0.350 e. The molecule has 29 heavy (non-hydrogen) atoms. The van der Waals surface area contributed by atoms with E-state index in [-0.39, 0.29) is 18.2 Å². The van der Waals surface area contributed by atoms with E-state index < -0.39 is 11.7 Å². The molecule has 0 N–H and O–H groups in total. The summed E-state index contributed by atoms with van der Waals surface area (Å²) >= 11 is 12.4. The number of hydrogen-bond acceptors (Lipinski definition) is 1. The van der Waals surface area contributed by atoms with Crippen LogP contribution in [0.5, 0.6) is 0 Å². The molecule has 1 aliphatic rings. The van der Waals surface area contributed by atoms with Crippen molar-refractivity contribution >= 4 is 23.2 Å². The van der Waals surface area contributed by atoms with Crippen molar-refractivity contribution in [1.29, 1.82) is 0 Å². The Morgan fingerprint density at radius 1 is 0.931 bits per heavy atom. The Balaban J connectivity index is 1.78. The highest BCUT2D eigenvalue weighted by molar-refractivity contribution is 6.42. The number of rotatable bonds is 3. The highest BCUT2D eigenvalue weighted by Crippen LogP contribution is 2.38. The molecule has 0 spiro atoms. The summed E-state index contributed by atoms with van der Waals surface area (Å²) < 4.78 is 42.8. The number of nitrogens with zero attached hydrogens (tertiary/aromatic N) is 2. The van der Waals surface area contributed by atoms with Gasteiger partial charge in [0.2, 0.25) is 0 Å². The molecule has 0 bridgehead atoms. The van der Waals surface area contributed by atoms with Crippen molar-refractivity contribution in [2.45, 2.75) is 31.7 Å². The van der Waals surface area contributed by atoms with Gasteiger partial charge in [-0.3, -0.25) is 4.90 Å². The molecule has 3 aromatic rings. The molecule has 1 atom stereocenters. The minimum atomic E-state index is -4.39. The van der Waals surface area contributed by atoms with Gasteiger partial charge < -0.3 is 4.57 Å². The lowest BCUT2D eigenvalue weighted by Crippen LogP contribution is -2.30.